The van der Waals surface area contributed by atoms with Gasteiger partial charge in [0.05, 0.1) is 6.16 Å². The van der Waals surface area contributed by atoms with Gasteiger partial charge in [0.25, 0.3) is 0 Å². The lowest BCUT2D eigenvalue weighted by atomic mass is 10.4. The lowest BCUT2D eigenvalue weighted by molar-refractivity contribution is 0.366. The summed E-state index contributed by atoms with van der Waals surface area (Å²) in [6, 6.07) is 33.0. The largest absolute Gasteiger partial charge is 0.726 e. The fraction of sp³-hybridized carbons (Fsp3) is 0.100. The Labute approximate surface area is 155 Å². The molecule has 0 bridgehead atoms. The van der Waals surface area contributed by atoms with Crippen molar-refractivity contribution in [2.45, 2.75) is 6.92 Å². The van der Waals surface area contributed by atoms with Gasteiger partial charge in [-0.1, -0.05) is 54.6 Å². The molecule has 0 saturated carbocycles. The maximum atomic E-state index is 8.63. The van der Waals surface area contributed by atoms with Crippen LogP contribution in [0.4, 0.5) is 0 Å². The Morgan fingerprint density at radius 1 is 0.731 bits per heavy atom. The van der Waals surface area contributed by atoms with Crippen molar-refractivity contribution < 1.29 is 17.5 Å². The minimum atomic E-state index is -4.92. The molecule has 6 heteroatoms. The maximum absolute atomic E-state index is 8.63. The Morgan fingerprint density at radius 3 is 1.15 bits per heavy atom. The first-order valence-corrected chi connectivity index (χ1v) is 11.4. The lowest BCUT2D eigenvalue weighted by Crippen LogP contribution is -2.32. The number of hydrogen-bond acceptors (Lipinski definition) is 3. The summed E-state index contributed by atoms with van der Waals surface area (Å²) in [6.45, 7) is 2.32. The molecule has 0 atom stereocenters. The predicted molar refractivity (Wildman–Crippen MR) is 108 cm³/mol. The van der Waals surface area contributed by atoms with Crippen LogP contribution in [0.15, 0.2) is 91.0 Å². The standard InChI is InChI=1S/C20H20P.H2O4S/c1-2-21(18-12-6-3-7-13-18,19-14-8-4-9-15-19)20-16-10-5-11-17-20;1-5(2,3)4/h3-17H,2H2,1H3;(H2,1,2,3,4)/q+1;/p-1. The van der Waals surface area contributed by atoms with Crippen molar-refractivity contribution in [2.75, 3.05) is 6.16 Å². The van der Waals surface area contributed by atoms with Gasteiger partial charge in [0.1, 0.15) is 23.2 Å². The molecular weight excluding hydrogens is 367 g/mol. The molecule has 0 aliphatic carbocycles. The molecule has 4 nitrogen and oxygen atoms in total. The van der Waals surface area contributed by atoms with Crippen molar-refractivity contribution in [3.8, 4) is 0 Å². The third kappa shape index (κ3) is 5.23. The summed E-state index contributed by atoms with van der Waals surface area (Å²) in [5, 5.41) is 4.39. The molecule has 3 aromatic carbocycles. The number of benzene rings is 3. The Kier molecular flexibility index (Phi) is 7.06. The molecule has 1 N–H and O–H groups in total. The van der Waals surface area contributed by atoms with E-state index in [0.717, 1.165) is 6.16 Å². The van der Waals surface area contributed by atoms with Gasteiger partial charge >= 0.3 is 0 Å². The van der Waals surface area contributed by atoms with Crippen LogP contribution in [0, 0.1) is 0 Å². The van der Waals surface area contributed by atoms with Crippen molar-refractivity contribution in [3.63, 3.8) is 0 Å². The topological polar surface area (TPSA) is 77.4 Å². The molecule has 0 spiro atoms. The molecular formula is C20H21O4PS. The molecule has 0 saturated heterocycles. The van der Waals surface area contributed by atoms with Crippen LogP contribution in [0.2, 0.25) is 0 Å². The van der Waals surface area contributed by atoms with E-state index in [2.05, 4.69) is 97.9 Å². The second kappa shape index (κ2) is 9.06. The van der Waals surface area contributed by atoms with Gasteiger partial charge in [-0.05, 0) is 43.3 Å². The van der Waals surface area contributed by atoms with E-state index in [1.807, 2.05) is 0 Å². The van der Waals surface area contributed by atoms with Crippen molar-refractivity contribution in [1.82, 2.24) is 0 Å². The number of rotatable bonds is 4. The minimum Gasteiger partial charge on any atom is -0.726 e. The van der Waals surface area contributed by atoms with Crippen LogP contribution in [0.3, 0.4) is 0 Å². The van der Waals surface area contributed by atoms with Crippen LogP contribution in [0.5, 0.6) is 0 Å². The highest BCUT2D eigenvalue weighted by atomic mass is 32.3. The molecule has 0 fully saturated rings. The van der Waals surface area contributed by atoms with E-state index in [9.17, 15) is 0 Å². The van der Waals surface area contributed by atoms with E-state index in [1.54, 1.807) is 0 Å². The van der Waals surface area contributed by atoms with Gasteiger partial charge in [0.15, 0.2) is 0 Å². The summed E-state index contributed by atoms with van der Waals surface area (Å²) in [7, 11) is -6.45. The zero-order valence-electron chi connectivity index (χ0n) is 14.4. The van der Waals surface area contributed by atoms with Crippen LogP contribution in [-0.2, 0) is 10.4 Å². The lowest BCUT2D eigenvalue weighted by Gasteiger charge is -2.26. The van der Waals surface area contributed by atoms with E-state index >= 15 is 0 Å². The normalized spacial score (nSPS) is 11.3. The molecule has 26 heavy (non-hydrogen) atoms. The molecule has 0 amide bonds. The molecule has 0 heterocycles. The van der Waals surface area contributed by atoms with Gasteiger partial charge in [0, 0.05) is 0 Å². The predicted octanol–water partition coefficient (Wildman–Crippen LogP) is 3.01. The van der Waals surface area contributed by atoms with Gasteiger partial charge in [-0.25, -0.2) is 8.42 Å². The fourth-order valence-electron chi connectivity index (χ4n) is 3.04. The van der Waals surface area contributed by atoms with Crippen molar-refractivity contribution in [3.05, 3.63) is 91.0 Å². The molecule has 0 radical (unpaired) electrons. The second-order valence-electron chi connectivity index (χ2n) is 5.56. The van der Waals surface area contributed by atoms with Crippen molar-refractivity contribution in [1.29, 1.82) is 0 Å². The highest BCUT2D eigenvalue weighted by Crippen LogP contribution is 2.54. The first-order chi connectivity index (χ1) is 12.4. The Bertz CT molecular complexity index is 794. The fourth-order valence-corrected chi connectivity index (χ4v) is 7.08. The van der Waals surface area contributed by atoms with Crippen LogP contribution in [0.1, 0.15) is 6.92 Å². The average Bonchev–Trinajstić information content (AvgIpc) is 2.64. The van der Waals surface area contributed by atoms with Gasteiger partial charge in [-0.15, -0.1) is 0 Å². The second-order valence-corrected chi connectivity index (χ2v) is 10.2. The minimum absolute atomic E-state index is 1.14. The molecule has 0 unspecified atom stereocenters. The van der Waals surface area contributed by atoms with E-state index in [0.29, 0.717) is 0 Å². The maximum Gasteiger partial charge on any atom is 0.215 e. The smallest absolute Gasteiger partial charge is 0.215 e. The zero-order valence-corrected chi connectivity index (χ0v) is 16.1. The highest BCUT2D eigenvalue weighted by Gasteiger charge is 2.43. The van der Waals surface area contributed by atoms with Crippen molar-refractivity contribution >= 4 is 33.6 Å². The zero-order chi connectivity index (χ0) is 19.0. The first-order valence-electron chi connectivity index (χ1n) is 8.11. The number of hydrogen-bond donors (Lipinski definition) is 1. The van der Waals surface area contributed by atoms with Crippen molar-refractivity contribution in [2.24, 2.45) is 0 Å². The van der Waals surface area contributed by atoms with E-state index in [1.165, 1.54) is 15.9 Å². The van der Waals surface area contributed by atoms with E-state index in [4.69, 9.17) is 17.5 Å². The van der Waals surface area contributed by atoms with Gasteiger partial charge < -0.3 is 4.55 Å². The Morgan fingerprint density at radius 2 is 0.962 bits per heavy atom. The quantitative estimate of drug-likeness (QED) is 0.423. The Balaban J connectivity index is 0.000000431. The molecule has 0 aromatic heterocycles. The molecule has 3 rings (SSSR count). The monoisotopic (exact) mass is 388 g/mol. The summed E-state index contributed by atoms with van der Waals surface area (Å²) < 4.78 is 32.8. The summed E-state index contributed by atoms with van der Waals surface area (Å²) in [5.74, 6) is 0. The van der Waals surface area contributed by atoms with Crippen LogP contribution < -0.4 is 15.9 Å². The van der Waals surface area contributed by atoms with E-state index in [-0.39, 0.29) is 0 Å². The highest BCUT2D eigenvalue weighted by molar-refractivity contribution is 7.95. The Hall–Kier alpha value is -2.04. The third-order valence-electron chi connectivity index (χ3n) is 4.07. The molecule has 3 aromatic rings. The van der Waals surface area contributed by atoms with E-state index < -0.39 is 17.7 Å². The summed E-state index contributed by atoms with van der Waals surface area (Å²) >= 11 is 0. The van der Waals surface area contributed by atoms with Gasteiger partial charge in [0.2, 0.25) is 10.4 Å². The summed E-state index contributed by atoms with van der Waals surface area (Å²) in [6.07, 6.45) is 1.14. The first kappa shape index (κ1) is 20.3. The van der Waals surface area contributed by atoms with Crippen LogP contribution in [-0.4, -0.2) is 23.7 Å². The third-order valence-corrected chi connectivity index (χ3v) is 8.55. The average molecular weight is 388 g/mol. The van der Waals surface area contributed by atoms with Gasteiger partial charge in [-0.2, -0.15) is 0 Å². The molecule has 136 valence electrons. The molecule has 0 aliphatic rings. The van der Waals surface area contributed by atoms with Crippen LogP contribution in [0.25, 0.3) is 0 Å². The van der Waals surface area contributed by atoms with Crippen LogP contribution >= 0.6 is 7.26 Å². The summed E-state index contributed by atoms with van der Waals surface area (Å²) in [5.41, 5.74) is 0. The molecule has 0 aliphatic heterocycles. The SMILES string of the molecule is CC[P+](c1ccccc1)(c1ccccc1)c1ccccc1.O=S(=O)([O-])O. The van der Waals surface area contributed by atoms with Gasteiger partial charge in [-0.3, -0.25) is 4.55 Å². The summed E-state index contributed by atoms with van der Waals surface area (Å²) in [4.78, 5) is 0.